The van der Waals surface area contributed by atoms with E-state index < -0.39 is 5.25 Å². The van der Waals surface area contributed by atoms with Crippen molar-refractivity contribution in [3.8, 4) is 11.5 Å². The molecule has 1 aliphatic carbocycles. The van der Waals surface area contributed by atoms with Crippen LogP contribution in [0, 0.1) is 0 Å². The van der Waals surface area contributed by atoms with Gasteiger partial charge >= 0.3 is 0 Å². The van der Waals surface area contributed by atoms with Crippen LogP contribution in [0.15, 0.2) is 54.6 Å². The Hall–Kier alpha value is -2.38. The minimum atomic E-state index is -0.430. The SMILES string of the molecule is O=C(CC1SC(=S)N(C2CCCCC2)C1=O)Nc1ccc(Oc2ccccc2)cc1. The van der Waals surface area contributed by atoms with Crippen LogP contribution in [0.25, 0.3) is 0 Å². The summed E-state index contributed by atoms with van der Waals surface area (Å²) in [6, 6.07) is 16.9. The fourth-order valence-corrected chi connectivity index (χ4v) is 5.52. The lowest BCUT2D eigenvalue weighted by atomic mass is 9.94. The standard InChI is InChI=1S/C23H24N2O3S2/c26-21(15-20-22(27)25(23(29)30-20)17-7-3-1-4-8-17)24-16-11-13-19(14-12-16)28-18-9-5-2-6-10-18/h2,5-6,9-14,17,20H,1,3-4,7-8,15H2,(H,24,26). The average Bonchev–Trinajstić information content (AvgIpc) is 3.03. The van der Waals surface area contributed by atoms with Gasteiger partial charge in [-0.2, -0.15) is 0 Å². The van der Waals surface area contributed by atoms with E-state index in [1.807, 2.05) is 30.3 Å². The zero-order valence-electron chi connectivity index (χ0n) is 16.6. The summed E-state index contributed by atoms with van der Waals surface area (Å²) in [5.74, 6) is 1.24. The summed E-state index contributed by atoms with van der Waals surface area (Å²) in [6.45, 7) is 0. The van der Waals surface area contributed by atoms with Crippen LogP contribution in [-0.2, 0) is 9.59 Å². The third kappa shape index (κ3) is 5.02. The minimum absolute atomic E-state index is 0.0151. The zero-order chi connectivity index (χ0) is 20.9. The Balaban J connectivity index is 1.31. The third-order valence-electron chi connectivity index (χ3n) is 5.38. The van der Waals surface area contributed by atoms with Gasteiger partial charge in [0.2, 0.25) is 11.8 Å². The molecule has 2 aliphatic rings. The summed E-state index contributed by atoms with van der Waals surface area (Å²) >= 11 is 6.79. The van der Waals surface area contributed by atoms with Gasteiger partial charge in [0.25, 0.3) is 0 Å². The van der Waals surface area contributed by atoms with Crippen molar-refractivity contribution in [2.45, 2.75) is 49.8 Å². The van der Waals surface area contributed by atoms with Crippen molar-refractivity contribution in [1.29, 1.82) is 0 Å². The van der Waals surface area contributed by atoms with Crippen LogP contribution in [0.3, 0.4) is 0 Å². The quantitative estimate of drug-likeness (QED) is 0.612. The van der Waals surface area contributed by atoms with E-state index in [-0.39, 0.29) is 24.3 Å². The van der Waals surface area contributed by atoms with Crippen molar-refractivity contribution < 1.29 is 14.3 Å². The van der Waals surface area contributed by atoms with Gasteiger partial charge in [-0.3, -0.25) is 14.5 Å². The number of nitrogens with one attached hydrogen (secondary N) is 1. The highest BCUT2D eigenvalue weighted by atomic mass is 32.2. The lowest BCUT2D eigenvalue weighted by Crippen LogP contribution is -2.42. The second kappa shape index (κ2) is 9.62. The smallest absolute Gasteiger partial charge is 0.242 e. The molecule has 4 rings (SSSR count). The van der Waals surface area contributed by atoms with Crippen LogP contribution >= 0.6 is 24.0 Å². The number of para-hydroxylation sites is 1. The van der Waals surface area contributed by atoms with Crippen molar-refractivity contribution in [1.82, 2.24) is 4.90 Å². The van der Waals surface area contributed by atoms with Crippen LogP contribution in [-0.4, -0.2) is 32.3 Å². The normalized spacial score (nSPS) is 19.7. The maximum absolute atomic E-state index is 12.8. The summed E-state index contributed by atoms with van der Waals surface area (Å²) in [4.78, 5) is 27.1. The molecule has 7 heteroatoms. The maximum atomic E-state index is 12.8. The van der Waals surface area contributed by atoms with E-state index in [0.29, 0.717) is 15.8 Å². The summed E-state index contributed by atoms with van der Waals surface area (Å²) in [7, 11) is 0. The van der Waals surface area contributed by atoms with E-state index in [0.717, 1.165) is 31.4 Å². The Morgan fingerprint density at radius 1 is 1.03 bits per heavy atom. The maximum Gasteiger partial charge on any atom is 0.242 e. The Morgan fingerprint density at radius 3 is 2.40 bits per heavy atom. The van der Waals surface area contributed by atoms with E-state index in [9.17, 15) is 9.59 Å². The summed E-state index contributed by atoms with van der Waals surface area (Å²) in [5, 5.41) is 2.44. The van der Waals surface area contributed by atoms with Crippen LogP contribution in [0.4, 0.5) is 5.69 Å². The highest BCUT2D eigenvalue weighted by Crippen LogP contribution is 2.35. The molecule has 2 amide bonds. The average molecular weight is 441 g/mol. The van der Waals surface area contributed by atoms with Gasteiger partial charge in [-0.25, -0.2) is 0 Å². The molecule has 2 aromatic carbocycles. The first-order chi connectivity index (χ1) is 14.6. The van der Waals surface area contributed by atoms with E-state index in [2.05, 4.69) is 5.32 Å². The monoisotopic (exact) mass is 440 g/mol. The first kappa shape index (κ1) is 20.9. The number of hydrogen-bond donors (Lipinski definition) is 1. The van der Waals surface area contributed by atoms with Crippen LogP contribution in [0.5, 0.6) is 11.5 Å². The van der Waals surface area contributed by atoms with Crippen molar-refractivity contribution in [3.63, 3.8) is 0 Å². The van der Waals surface area contributed by atoms with Crippen molar-refractivity contribution in [2.75, 3.05) is 5.32 Å². The molecule has 0 aromatic heterocycles. The molecule has 1 saturated heterocycles. The molecular weight excluding hydrogens is 416 g/mol. The van der Waals surface area contributed by atoms with E-state index in [4.69, 9.17) is 17.0 Å². The molecule has 2 fully saturated rings. The first-order valence-corrected chi connectivity index (χ1v) is 11.6. The third-order valence-corrected chi connectivity index (χ3v) is 6.92. The number of nitrogens with zero attached hydrogens (tertiary/aromatic N) is 1. The highest BCUT2D eigenvalue weighted by Gasteiger charge is 2.41. The first-order valence-electron chi connectivity index (χ1n) is 10.3. The molecule has 1 atom stereocenters. The second-order valence-corrected chi connectivity index (χ2v) is 9.40. The van der Waals surface area contributed by atoms with Crippen LogP contribution < -0.4 is 10.1 Å². The van der Waals surface area contributed by atoms with E-state index >= 15 is 0 Å². The largest absolute Gasteiger partial charge is 0.457 e. The lowest BCUT2D eigenvalue weighted by molar-refractivity contribution is -0.129. The van der Waals surface area contributed by atoms with Crippen LogP contribution in [0.2, 0.25) is 0 Å². The van der Waals surface area contributed by atoms with E-state index in [1.54, 1.807) is 29.2 Å². The molecule has 1 saturated carbocycles. The molecule has 1 heterocycles. The Kier molecular flexibility index (Phi) is 6.69. The highest BCUT2D eigenvalue weighted by molar-refractivity contribution is 8.24. The Bertz CT molecular complexity index is 912. The van der Waals surface area contributed by atoms with Gasteiger partial charge in [0.1, 0.15) is 15.8 Å². The molecule has 0 radical (unpaired) electrons. The number of carbonyl (C=O) groups is 2. The fourth-order valence-electron chi connectivity index (χ4n) is 3.88. The number of thiocarbonyl (C=S) groups is 1. The molecule has 1 N–H and O–H groups in total. The van der Waals surface area contributed by atoms with Gasteiger partial charge in [0, 0.05) is 18.2 Å². The lowest BCUT2D eigenvalue weighted by Gasteiger charge is -2.30. The number of anilines is 1. The summed E-state index contributed by atoms with van der Waals surface area (Å²) < 4.78 is 6.38. The number of thioether (sulfide) groups is 1. The van der Waals surface area contributed by atoms with Gasteiger partial charge < -0.3 is 10.1 Å². The molecule has 0 spiro atoms. The van der Waals surface area contributed by atoms with Gasteiger partial charge in [-0.1, -0.05) is 61.4 Å². The van der Waals surface area contributed by atoms with Gasteiger partial charge in [-0.05, 0) is 49.2 Å². The topological polar surface area (TPSA) is 58.6 Å². The van der Waals surface area contributed by atoms with Gasteiger partial charge in [0.15, 0.2) is 0 Å². The number of hydrogen-bond acceptors (Lipinski definition) is 5. The molecule has 5 nitrogen and oxygen atoms in total. The number of rotatable bonds is 6. The van der Waals surface area contributed by atoms with Crippen molar-refractivity contribution in [3.05, 3.63) is 54.6 Å². The van der Waals surface area contributed by atoms with Crippen molar-refractivity contribution >= 4 is 45.8 Å². The van der Waals surface area contributed by atoms with E-state index in [1.165, 1.54) is 18.2 Å². The Morgan fingerprint density at radius 2 is 1.70 bits per heavy atom. The summed E-state index contributed by atoms with van der Waals surface area (Å²) in [5.41, 5.74) is 0.669. The van der Waals surface area contributed by atoms with Gasteiger partial charge in [-0.15, -0.1) is 0 Å². The number of carbonyl (C=O) groups excluding carboxylic acids is 2. The molecule has 2 aromatic rings. The molecule has 156 valence electrons. The van der Waals surface area contributed by atoms with Crippen molar-refractivity contribution in [2.24, 2.45) is 0 Å². The molecule has 1 aliphatic heterocycles. The van der Waals surface area contributed by atoms with Gasteiger partial charge in [0.05, 0.1) is 5.25 Å². The second-order valence-electron chi connectivity index (χ2n) is 7.56. The molecule has 1 unspecified atom stereocenters. The Labute approximate surface area is 186 Å². The number of benzene rings is 2. The minimum Gasteiger partial charge on any atom is -0.457 e. The predicted octanol–water partition coefficient (Wildman–Crippen LogP) is 5.37. The predicted molar refractivity (Wildman–Crippen MR) is 124 cm³/mol. The fraction of sp³-hybridized carbons (Fsp3) is 0.348. The van der Waals surface area contributed by atoms with Crippen LogP contribution in [0.1, 0.15) is 38.5 Å². The molecule has 0 bridgehead atoms. The number of ether oxygens (including phenoxy) is 1. The number of amides is 2. The zero-order valence-corrected chi connectivity index (χ0v) is 18.2. The summed E-state index contributed by atoms with van der Waals surface area (Å²) in [6.07, 6.45) is 5.62. The molecule has 30 heavy (non-hydrogen) atoms. The molecular formula is C23H24N2O3S2.